The molecule has 0 saturated carbocycles. The summed E-state index contributed by atoms with van der Waals surface area (Å²) in [6.07, 6.45) is 4.56. The Morgan fingerprint density at radius 1 is 1.32 bits per heavy atom. The summed E-state index contributed by atoms with van der Waals surface area (Å²) in [5.74, 6) is 1.73. The summed E-state index contributed by atoms with van der Waals surface area (Å²) >= 11 is 0. The van der Waals surface area contributed by atoms with Crippen molar-refractivity contribution < 1.29 is 9.53 Å². The van der Waals surface area contributed by atoms with Crippen LogP contribution in [0.2, 0.25) is 0 Å². The van der Waals surface area contributed by atoms with Gasteiger partial charge < -0.3 is 15.4 Å². The summed E-state index contributed by atoms with van der Waals surface area (Å²) in [7, 11) is 1.67. The molecule has 2 rings (SSSR count). The van der Waals surface area contributed by atoms with Gasteiger partial charge in [-0.25, -0.2) is 0 Å². The average Bonchev–Trinajstić information content (AvgIpc) is 2.55. The number of carbonyl (C=O) groups excluding carboxylic acids is 1. The SMILES string of the molecule is COc1ccc(CCCC(=O)N2CCC(C(C)N)CC2)cc1. The van der Waals surface area contributed by atoms with E-state index in [0.29, 0.717) is 12.3 Å². The maximum absolute atomic E-state index is 12.2. The van der Waals surface area contributed by atoms with Crippen LogP contribution in [0.5, 0.6) is 5.75 Å². The number of carbonyl (C=O) groups is 1. The van der Waals surface area contributed by atoms with Crippen molar-refractivity contribution in [3.63, 3.8) is 0 Å². The van der Waals surface area contributed by atoms with Crippen molar-refractivity contribution in [3.8, 4) is 5.75 Å². The van der Waals surface area contributed by atoms with Crippen molar-refractivity contribution in [2.75, 3.05) is 20.2 Å². The van der Waals surface area contributed by atoms with Gasteiger partial charge in [-0.05, 0) is 56.2 Å². The molecule has 1 aromatic carbocycles. The Morgan fingerprint density at radius 2 is 1.95 bits per heavy atom. The lowest BCUT2D eigenvalue weighted by molar-refractivity contribution is -0.132. The minimum absolute atomic E-state index is 0.243. The minimum atomic E-state index is 0.243. The van der Waals surface area contributed by atoms with Crippen molar-refractivity contribution in [3.05, 3.63) is 29.8 Å². The predicted octanol–water partition coefficient (Wildman–Crippen LogP) is 2.60. The zero-order valence-corrected chi connectivity index (χ0v) is 13.8. The van der Waals surface area contributed by atoms with E-state index >= 15 is 0 Å². The monoisotopic (exact) mass is 304 g/mol. The highest BCUT2D eigenvalue weighted by molar-refractivity contribution is 5.76. The molecule has 0 bridgehead atoms. The molecule has 1 aliphatic heterocycles. The fourth-order valence-corrected chi connectivity index (χ4v) is 3.07. The number of piperidine rings is 1. The van der Waals surface area contributed by atoms with Gasteiger partial charge in [0.1, 0.15) is 5.75 Å². The van der Waals surface area contributed by atoms with Crippen molar-refractivity contribution in [1.29, 1.82) is 0 Å². The summed E-state index contributed by atoms with van der Waals surface area (Å²) in [5, 5.41) is 0. The largest absolute Gasteiger partial charge is 0.497 e. The van der Waals surface area contributed by atoms with Gasteiger partial charge in [-0.15, -0.1) is 0 Å². The van der Waals surface area contributed by atoms with E-state index < -0.39 is 0 Å². The van der Waals surface area contributed by atoms with Crippen LogP contribution in [0.4, 0.5) is 0 Å². The highest BCUT2D eigenvalue weighted by Crippen LogP contribution is 2.20. The van der Waals surface area contributed by atoms with Crippen LogP contribution in [0.15, 0.2) is 24.3 Å². The first kappa shape index (κ1) is 16.8. The van der Waals surface area contributed by atoms with E-state index in [2.05, 4.69) is 19.1 Å². The lowest BCUT2D eigenvalue weighted by Crippen LogP contribution is -2.42. The molecular weight excluding hydrogens is 276 g/mol. The first-order chi connectivity index (χ1) is 10.6. The number of methoxy groups -OCH3 is 1. The molecule has 1 fully saturated rings. The molecule has 0 aliphatic carbocycles. The summed E-state index contributed by atoms with van der Waals surface area (Å²) in [4.78, 5) is 14.2. The van der Waals surface area contributed by atoms with Gasteiger partial charge in [0.2, 0.25) is 5.91 Å². The molecule has 1 aliphatic rings. The summed E-state index contributed by atoms with van der Waals surface area (Å²) < 4.78 is 5.15. The molecule has 0 radical (unpaired) electrons. The second-order valence-corrected chi connectivity index (χ2v) is 6.28. The third-order valence-electron chi connectivity index (χ3n) is 4.65. The Hall–Kier alpha value is -1.55. The maximum Gasteiger partial charge on any atom is 0.222 e. The highest BCUT2D eigenvalue weighted by Gasteiger charge is 2.24. The van der Waals surface area contributed by atoms with Crippen molar-refractivity contribution in [2.24, 2.45) is 11.7 Å². The molecular formula is C18H28N2O2. The summed E-state index contributed by atoms with van der Waals surface area (Å²) in [6.45, 7) is 3.80. The van der Waals surface area contributed by atoms with Crippen LogP contribution in [0.1, 0.15) is 38.2 Å². The first-order valence-corrected chi connectivity index (χ1v) is 8.26. The summed E-state index contributed by atoms with van der Waals surface area (Å²) in [5.41, 5.74) is 7.20. The van der Waals surface area contributed by atoms with Crippen LogP contribution < -0.4 is 10.5 Å². The van der Waals surface area contributed by atoms with Crippen LogP contribution in [-0.2, 0) is 11.2 Å². The average molecular weight is 304 g/mol. The Balaban J connectivity index is 1.69. The molecule has 1 amide bonds. The van der Waals surface area contributed by atoms with E-state index in [9.17, 15) is 4.79 Å². The van der Waals surface area contributed by atoms with Gasteiger partial charge in [-0.1, -0.05) is 12.1 Å². The zero-order valence-electron chi connectivity index (χ0n) is 13.8. The van der Waals surface area contributed by atoms with E-state index in [1.165, 1.54) is 5.56 Å². The molecule has 0 aromatic heterocycles. The van der Waals surface area contributed by atoms with Gasteiger partial charge in [0.25, 0.3) is 0 Å². The van der Waals surface area contributed by atoms with Gasteiger partial charge in [0.05, 0.1) is 7.11 Å². The lowest BCUT2D eigenvalue weighted by atomic mass is 9.91. The van der Waals surface area contributed by atoms with Crippen molar-refractivity contribution >= 4 is 5.91 Å². The molecule has 2 N–H and O–H groups in total. The Bertz CT molecular complexity index is 462. The normalized spacial score (nSPS) is 17.3. The third-order valence-corrected chi connectivity index (χ3v) is 4.65. The molecule has 4 nitrogen and oxygen atoms in total. The second-order valence-electron chi connectivity index (χ2n) is 6.28. The fourth-order valence-electron chi connectivity index (χ4n) is 3.07. The Morgan fingerprint density at radius 3 is 2.50 bits per heavy atom. The number of hydrogen-bond acceptors (Lipinski definition) is 3. The Kier molecular flexibility index (Phi) is 6.25. The van der Waals surface area contributed by atoms with Gasteiger partial charge in [-0.2, -0.15) is 0 Å². The predicted molar refractivity (Wildman–Crippen MR) is 88.9 cm³/mol. The van der Waals surface area contributed by atoms with Gasteiger partial charge in [0, 0.05) is 25.6 Å². The quantitative estimate of drug-likeness (QED) is 0.879. The van der Waals surface area contributed by atoms with E-state index in [-0.39, 0.29) is 11.9 Å². The third kappa shape index (κ3) is 4.73. The highest BCUT2D eigenvalue weighted by atomic mass is 16.5. The number of ether oxygens (including phenoxy) is 1. The number of benzene rings is 1. The molecule has 1 aromatic rings. The fraction of sp³-hybridized carbons (Fsp3) is 0.611. The summed E-state index contributed by atoms with van der Waals surface area (Å²) in [6, 6.07) is 8.31. The van der Waals surface area contributed by atoms with Gasteiger partial charge in [0.15, 0.2) is 0 Å². The molecule has 1 heterocycles. The molecule has 122 valence electrons. The van der Waals surface area contributed by atoms with Crippen LogP contribution in [0.3, 0.4) is 0 Å². The first-order valence-electron chi connectivity index (χ1n) is 8.26. The van der Waals surface area contributed by atoms with Crippen molar-refractivity contribution in [2.45, 2.75) is 45.1 Å². The van der Waals surface area contributed by atoms with Crippen LogP contribution in [0, 0.1) is 5.92 Å². The number of hydrogen-bond donors (Lipinski definition) is 1. The molecule has 0 spiro atoms. The van der Waals surface area contributed by atoms with E-state index in [1.807, 2.05) is 17.0 Å². The minimum Gasteiger partial charge on any atom is -0.497 e. The number of amides is 1. The molecule has 1 unspecified atom stereocenters. The van der Waals surface area contributed by atoms with E-state index in [4.69, 9.17) is 10.5 Å². The van der Waals surface area contributed by atoms with Gasteiger partial charge >= 0.3 is 0 Å². The standard InChI is InChI=1S/C18H28N2O2/c1-14(19)16-10-12-20(13-11-16)18(21)5-3-4-15-6-8-17(22-2)9-7-15/h6-9,14,16H,3-5,10-13,19H2,1-2H3. The van der Waals surface area contributed by atoms with Crippen LogP contribution in [0.25, 0.3) is 0 Å². The van der Waals surface area contributed by atoms with Gasteiger partial charge in [-0.3, -0.25) is 4.79 Å². The molecule has 4 heteroatoms. The number of likely N-dealkylation sites (tertiary alicyclic amines) is 1. The molecule has 1 saturated heterocycles. The van der Waals surface area contributed by atoms with Crippen molar-refractivity contribution in [1.82, 2.24) is 4.90 Å². The lowest BCUT2D eigenvalue weighted by Gasteiger charge is -2.33. The Labute approximate surface area is 133 Å². The smallest absolute Gasteiger partial charge is 0.222 e. The molecule has 1 atom stereocenters. The number of nitrogens with two attached hydrogens (primary N) is 1. The maximum atomic E-state index is 12.2. The topological polar surface area (TPSA) is 55.6 Å². The molecule has 22 heavy (non-hydrogen) atoms. The van der Waals surface area contributed by atoms with Crippen LogP contribution in [-0.4, -0.2) is 37.0 Å². The van der Waals surface area contributed by atoms with E-state index in [1.54, 1.807) is 7.11 Å². The number of aryl methyl sites for hydroxylation is 1. The van der Waals surface area contributed by atoms with Crippen LogP contribution >= 0.6 is 0 Å². The second kappa shape index (κ2) is 8.18. The van der Waals surface area contributed by atoms with E-state index in [0.717, 1.165) is 44.5 Å². The number of rotatable bonds is 6. The number of nitrogens with zero attached hydrogens (tertiary/aromatic N) is 1. The zero-order chi connectivity index (χ0) is 15.9.